The van der Waals surface area contributed by atoms with E-state index in [0.717, 1.165) is 16.7 Å². The summed E-state index contributed by atoms with van der Waals surface area (Å²) in [5, 5.41) is 0. The molecule has 1 heterocycles. The molecule has 0 spiro atoms. The second-order valence-electron chi connectivity index (χ2n) is 7.81. The van der Waals surface area contributed by atoms with Crippen LogP contribution in [0.3, 0.4) is 0 Å². The second-order valence-corrected chi connectivity index (χ2v) is 7.81. The van der Waals surface area contributed by atoms with Crippen LogP contribution >= 0.6 is 0 Å². The Kier molecular flexibility index (Phi) is 6.62. The van der Waals surface area contributed by atoms with Crippen molar-refractivity contribution in [1.82, 2.24) is 4.90 Å². The lowest BCUT2D eigenvalue weighted by Gasteiger charge is -2.43. The zero-order valence-electron chi connectivity index (χ0n) is 17.6. The number of nitrogens with zero attached hydrogens (tertiary/aromatic N) is 1. The molecule has 0 bridgehead atoms. The van der Waals surface area contributed by atoms with Crippen molar-refractivity contribution in [3.8, 4) is 5.75 Å². The molecular formula is C24H26F3NO3. The highest BCUT2D eigenvalue weighted by Gasteiger charge is 2.42. The minimum absolute atomic E-state index is 0.124. The molecule has 3 rings (SSSR count). The third kappa shape index (κ3) is 5.40. The summed E-state index contributed by atoms with van der Waals surface area (Å²) in [6, 6.07) is 13.9. The number of cyclic esters (lactones) is 1. The van der Waals surface area contributed by atoms with Gasteiger partial charge in [-0.25, -0.2) is 4.79 Å². The molecule has 1 aliphatic heterocycles. The number of benzene rings is 2. The highest BCUT2D eigenvalue weighted by molar-refractivity contribution is 5.70. The summed E-state index contributed by atoms with van der Waals surface area (Å²) in [7, 11) is 0. The van der Waals surface area contributed by atoms with Crippen molar-refractivity contribution >= 4 is 6.09 Å². The Hall–Kier alpha value is -2.96. The minimum Gasteiger partial charge on any atom is -0.484 e. The molecule has 1 saturated heterocycles. The maximum absolute atomic E-state index is 12.9. The number of ether oxygens (including phenoxy) is 2. The van der Waals surface area contributed by atoms with Gasteiger partial charge in [-0.3, -0.25) is 0 Å². The molecule has 0 unspecified atom stereocenters. The van der Waals surface area contributed by atoms with Crippen molar-refractivity contribution in [2.24, 2.45) is 0 Å². The van der Waals surface area contributed by atoms with E-state index < -0.39 is 24.5 Å². The first-order chi connectivity index (χ1) is 14.6. The van der Waals surface area contributed by atoms with Gasteiger partial charge in [0.2, 0.25) is 0 Å². The average molecular weight is 433 g/mol. The Morgan fingerprint density at radius 2 is 1.84 bits per heavy atom. The lowest BCUT2D eigenvalue weighted by molar-refractivity contribution is -0.153. The van der Waals surface area contributed by atoms with Crippen LogP contribution in [0, 0.1) is 6.92 Å². The summed E-state index contributed by atoms with van der Waals surface area (Å²) in [6.45, 7) is 6.82. The van der Waals surface area contributed by atoms with Crippen LogP contribution in [-0.2, 0) is 10.3 Å². The van der Waals surface area contributed by atoms with Crippen LogP contribution in [0.25, 0.3) is 0 Å². The third-order valence-corrected chi connectivity index (χ3v) is 5.56. The molecule has 0 saturated carbocycles. The molecule has 1 amide bonds. The fraction of sp³-hybridized carbons (Fsp3) is 0.375. The summed E-state index contributed by atoms with van der Waals surface area (Å²) < 4.78 is 47.6. The van der Waals surface area contributed by atoms with Crippen LogP contribution in [0.5, 0.6) is 5.75 Å². The molecule has 1 fully saturated rings. The van der Waals surface area contributed by atoms with E-state index in [0.29, 0.717) is 19.4 Å². The van der Waals surface area contributed by atoms with E-state index in [1.807, 2.05) is 38.1 Å². The molecule has 2 aromatic rings. The maximum atomic E-state index is 12.9. The smallest absolute Gasteiger partial charge is 0.422 e. The molecule has 31 heavy (non-hydrogen) atoms. The Balaban J connectivity index is 1.71. The lowest BCUT2D eigenvalue weighted by Crippen LogP contribution is -2.48. The van der Waals surface area contributed by atoms with Gasteiger partial charge in [0.05, 0.1) is 6.04 Å². The quantitative estimate of drug-likeness (QED) is 0.480. The normalized spacial score (nSPS) is 20.2. The number of carbonyl (C=O) groups is 1. The first-order valence-corrected chi connectivity index (χ1v) is 10.1. The average Bonchev–Trinajstić information content (AvgIpc) is 2.72. The van der Waals surface area contributed by atoms with Crippen molar-refractivity contribution < 1.29 is 27.4 Å². The number of hydrogen-bond donors (Lipinski definition) is 0. The molecule has 2 atom stereocenters. The fourth-order valence-electron chi connectivity index (χ4n) is 3.76. The van der Waals surface area contributed by atoms with Crippen LogP contribution in [0.4, 0.5) is 18.0 Å². The highest BCUT2D eigenvalue weighted by atomic mass is 19.4. The third-order valence-electron chi connectivity index (χ3n) is 5.56. The molecule has 0 aliphatic carbocycles. The lowest BCUT2D eigenvalue weighted by atomic mass is 9.85. The molecule has 2 aromatic carbocycles. The van der Waals surface area contributed by atoms with Gasteiger partial charge in [-0.2, -0.15) is 13.2 Å². The van der Waals surface area contributed by atoms with Crippen molar-refractivity contribution in [2.75, 3.05) is 13.2 Å². The van der Waals surface area contributed by atoms with E-state index in [9.17, 15) is 18.0 Å². The van der Waals surface area contributed by atoms with Crippen LogP contribution in [0.15, 0.2) is 61.2 Å². The standard InChI is InChI=1S/C24H26F3NO3/c1-4-13-23(20-9-5-17(2)6-10-20)14-15-28(22(29)31-23)18(3)19-7-11-21(12-8-19)30-16-24(25,26)27/h4-12,18H,1,13-16H2,2-3H3/t18-,23+/m0/s1. The summed E-state index contributed by atoms with van der Waals surface area (Å²) in [6.07, 6.45) is -1.95. The summed E-state index contributed by atoms with van der Waals surface area (Å²) in [5.74, 6) is 0.124. The van der Waals surface area contributed by atoms with Crippen LogP contribution in [0.1, 0.15) is 42.5 Å². The van der Waals surface area contributed by atoms with Gasteiger partial charge in [-0.15, -0.1) is 6.58 Å². The van der Waals surface area contributed by atoms with E-state index in [-0.39, 0.29) is 11.8 Å². The van der Waals surface area contributed by atoms with Gasteiger partial charge in [0.25, 0.3) is 0 Å². The van der Waals surface area contributed by atoms with Crippen molar-refractivity contribution in [1.29, 1.82) is 0 Å². The van der Waals surface area contributed by atoms with Gasteiger partial charge >= 0.3 is 12.3 Å². The zero-order chi connectivity index (χ0) is 22.6. The Morgan fingerprint density at radius 1 is 1.19 bits per heavy atom. The molecule has 166 valence electrons. The van der Waals surface area contributed by atoms with E-state index in [2.05, 4.69) is 6.58 Å². The van der Waals surface area contributed by atoms with Gasteiger partial charge in [0.1, 0.15) is 11.4 Å². The number of alkyl halides is 3. The monoisotopic (exact) mass is 433 g/mol. The second kappa shape index (κ2) is 9.04. The van der Waals surface area contributed by atoms with Gasteiger partial charge in [0.15, 0.2) is 6.61 Å². The van der Waals surface area contributed by atoms with Crippen LogP contribution < -0.4 is 4.74 Å². The summed E-state index contributed by atoms with van der Waals surface area (Å²) in [5.41, 5.74) is 2.09. The van der Waals surface area contributed by atoms with Crippen molar-refractivity contribution in [3.05, 3.63) is 77.9 Å². The minimum atomic E-state index is -4.39. The fourth-order valence-corrected chi connectivity index (χ4v) is 3.76. The maximum Gasteiger partial charge on any atom is 0.422 e. The molecule has 4 nitrogen and oxygen atoms in total. The van der Waals surface area contributed by atoms with Gasteiger partial charge in [-0.1, -0.05) is 48.0 Å². The first kappa shape index (κ1) is 22.7. The topological polar surface area (TPSA) is 38.8 Å². The number of hydrogen-bond acceptors (Lipinski definition) is 3. The van der Waals surface area contributed by atoms with Gasteiger partial charge in [0, 0.05) is 19.4 Å². The SMILES string of the molecule is C=CC[C@]1(c2ccc(C)cc2)CCN([C@@H](C)c2ccc(OCC(F)(F)F)cc2)C(=O)O1. The number of aryl methyl sites for hydroxylation is 1. The van der Waals surface area contributed by atoms with E-state index in [1.165, 1.54) is 12.1 Å². The molecule has 0 radical (unpaired) electrons. The van der Waals surface area contributed by atoms with E-state index >= 15 is 0 Å². The first-order valence-electron chi connectivity index (χ1n) is 10.1. The predicted molar refractivity (Wildman–Crippen MR) is 112 cm³/mol. The zero-order valence-corrected chi connectivity index (χ0v) is 17.6. The Labute approximate surface area is 180 Å². The molecule has 1 aliphatic rings. The predicted octanol–water partition coefficient (Wildman–Crippen LogP) is 6.31. The largest absolute Gasteiger partial charge is 0.484 e. The number of amides is 1. The Morgan fingerprint density at radius 3 is 2.39 bits per heavy atom. The Bertz CT molecular complexity index is 909. The van der Waals surface area contributed by atoms with Crippen LogP contribution in [-0.4, -0.2) is 30.3 Å². The number of carbonyl (C=O) groups excluding carboxylic acids is 1. The molecule has 0 aromatic heterocycles. The van der Waals surface area contributed by atoms with E-state index in [1.54, 1.807) is 23.1 Å². The highest BCUT2D eigenvalue weighted by Crippen LogP contribution is 2.40. The van der Waals surface area contributed by atoms with E-state index in [4.69, 9.17) is 9.47 Å². The van der Waals surface area contributed by atoms with Crippen molar-refractivity contribution in [3.63, 3.8) is 0 Å². The van der Waals surface area contributed by atoms with Gasteiger partial charge in [-0.05, 0) is 37.1 Å². The molecular weight excluding hydrogens is 407 g/mol. The number of halogens is 3. The van der Waals surface area contributed by atoms with Crippen LogP contribution in [0.2, 0.25) is 0 Å². The summed E-state index contributed by atoms with van der Waals surface area (Å²) in [4.78, 5) is 14.6. The van der Waals surface area contributed by atoms with Gasteiger partial charge < -0.3 is 14.4 Å². The van der Waals surface area contributed by atoms with Crippen molar-refractivity contribution in [2.45, 2.75) is 44.5 Å². The summed E-state index contributed by atoms with van der Waals surface area (Å²) >= 11 is 0. The number of rotatable bonds is 7. The molecule has 0 N–H and O–H groups in total. The molecule has 7 heteroatoms.